The first-order valence-electron chi connectivity index (χ1n) is 6.22. The second-order valence-corrected chi connectivity index (χ2v) is 4.85. The molecule has 0 unspecified atom stereocenters. The number of anilines is 1. The van der Waals surface area contributed by atoms with Crippen LogP contribution in [0.3, 0.4) is 0 Å². The number of carbonyl (C=O) groups excluding carboxylic acids is 1. The second kappa shape index (κ2) is 6.22. The van der Waals surface area contributed by atoms with Crippen molar-refractivity contribution >= 4 is 17.7 Å². The number of urea groups is 1. The Morgan fingerprint density at radius 1 is 1.21 bits per heavy atom. The molecule has 2 amide bonds. The molecule has 0 aliphatic rings. The number of para-hydroxylation sites is 1. The second-order valence-electron chi connectivity index (χ2n) is 4.85. The van der Waals surface area contributed by atoms with Gasteiger partial charge in [0.25, 0.3) is 0 Å². The van der Waals surface area contributed by atoms with Gasteiger partial charge in [0.1, 0.15) is 6.04 Å². The fourth-order valence-electron chi connectivity index (χ4n) is 1.75. The summed E-state index contributed by atoms with van der Waals surface area (Å²) < 4.78 is 0. The maximum atomic E-state index is 11.8. The minimum absolute atomic E-state index is 0.270. The Balaban J connectivity index is 2.87. The number of carboxylic acids is 1. The summed E-state index contributed by atoms with van der Waals surface area (Å²) in [5.74, 6) is -0.795. The Morgan fingerprint density at radius 3 is 2.37 bits per heavy atom. The Labute approximate surface area is 113 Å². The number of amides is 2. The zero-order valence-corrected chi connectivity index (χ0v) is 11.7. The van der Waals surface area contributed by atoms with Crippen LogP contribution in [-0.2, 0) is 4.79 Å². The average molecular weight is 264 g/mol. The number of hydrogen-bond acceptors (Lipinski definition) is 2. The van der Waals surface area contributed by atoms with E-state index in [0.717, 1.165) is 16.8 Å². The van der Waals surface area contributed by atoms with Crippen LogP contribution in [0.1, 0.15) is 37.8 Å². The van der Waals surface area contributed by atoms with Crippen molar-refractivity contribution in [2.75, 3.05) is 5.32 Å². The molecule has 5 heteroatoms. The fraction of sp³-hybridized carbons (Fsp3) is 0.429. The first kappa shape index (κ1) is 15.0. The normalized spacial score (nSPS) is 12.1. The van der Waals surface area contributed by atoms with Gasteiger partial charge in [-0.2, -0.15) is 0 Å². The molecule has 0 bridgehead atoms. The van der Waals surface area contributed by atoms with Crippen LogP contribution in [0.2, 0.25) is 0 Å². The molecule has 0 fully saturated rings. The van der Waals surface area contributed by atoms with Crippen LogP contribution in [0.4, 0.5) is 10.5 Å². The van der Waals surface area contributed by atoms with Crippen LogP contribution >= 0.6 is 0 Å². The molecule has 0 spiro atoms. The zero-order chi connectivity index (χ0) is 14.6. The Bertz CT molecular complexity index is 484. The lowest BCUT2D eigenvalue weighted by atomic mass is 9.98. The number of aryl methyl sites for hydroxylation is 1. The molecule has 0 aliphatic heterocycles. The first-order valence-corrected chi connectivity index (χ1v) is 6.22. The molecule has 1 aromatic carbocycles. The Morgan fingerprint density at radius 2 is 1.84 bits per heavy atom. The third-order valence-corrected chi connectivity index (χ3v) is 2.88. The monoisotopic (exact) mass is 264 g/mol. The van der Waals surface area contributed by atoms with Gasteiger partial charge in [-0.15, -0.1) is 0 Å². The van der Waals surface area contributed by atoms with Crippen LogP contribution in [0.5, 0.6) is 0 Å². The third-order valence-electron chi connectivity index (χ3n) is 2.88. The molecule has 0 aromatic heterocycles. The molecule has 0 aliphatic carbocycles. The minimum atomic E-state index is -1.07. The van der Waals surface area contributed by atoms with Crippen molar-refractivity contribution in [2.45, 2.75) is 39.7 Å². The third kappa shape index (κ3) is 3.98. The molecule has 0 saturated heterocycles. The first-order chi connectivity index (χ1) is 8.82. The van der Waals surface area contributed by atoms with Gasteiger partial charge in [-0.1, -0.05) is 32.0 Å². The van der Waals surface area contributed by atoms with Crippen LogP contribution < -0.4 is 10.6 Å². The molecule has 0 radical (unpaired) electrons. The summed E-state index contributed by atoms with van der Waals surface area (Å²) in [7, 11) is 0. The smallest absolute Gasteiger partial charge is 0.325 e. The fourth-order valence-corrected chi connectivity index (χ4v) is 1.75. The van der Waals surface area contributed by atoms with Crippen molar-refractivity contribution in [1.29, 1.82) is 0 Å². The summed E-state index contributed by atoms with van der Waals surface area (Å²) in [5.41, 5.74) is 2.72. The highest BCUT2D eigenvalue weighted by molar-refractivity contribution is 5.93. The minimum Gasteiger partial charge on any atom is -0.480 e. The standard InChI is InChI=1S/C14H20N2O3/c1-8(2)11-7-5-6-9(3)12(11)16-14(19)15-10(4)13(17)18/h5-8,10H,1-4H3,(H,17,18)(H2,15,16,19)/t10-/m1/s1. The van der Waals surface area contributed by atoms with E-state index < -0.39 is 18.0 Å². The van der Waals surface area contributed by atoms with Gasteiger partial charge < -0.3 is 15.7 Å². The van der Waals surface area contributed by atoms with Gasteiger partial charge in [-0.05, 0) is 30.9 Å². The summed E-state index contributed by atoms with van der Waals surface area (Å²) in [5, 5.41) is 13.9. The predicted molar refractivity (Wildman–Crippen MR) is 74.5 cm³/mol. The molecule has 0 heterocycles. The van der Waals surface area contributed by atoms with Crippen molar-refractivity contribution in [3.63, 3.8) is 0 Å². The molecular weight excluding hydrogens is 244 g/mol. The number of carboxylic acid groups (broad SMARTS) is 1. The number of hydrogen-bond donors (Lipinski definition) is 3. The lowest BCUT2D eigenvalue weighted by Crippen LogP contribution is -2.41. The van der Waals surface area contributed by atoms with E-state index in [9.17, 15) is 9.59 Å². The van der Waals surface area contributed by atoms with E-state index >= 15 is 0 Å². The van der Waals surface area contributed by atoms with Gasteiger partial charge in [-0.3, -0.25) is 4.79 Å². The van der Waals surface area contributed by atoms with Crippen molar-refractivity contribution in [2.24, 2.45) is 0 Å². The van der Waals surface area contributed by atoms with Gasteiger partial charge in [0.2, 0.25) is 0 Å². The van der Waals surface area contributed by atoms with Gasteiger partial charge in [0.05, 0.1) is 0 Å². The number of benzene rings is 1. The lowest BCUT2D eigenvalue weighted by Gasteiger charge is -2.17. The highest BCUT2D eigenvalue weighted by atomic mass is 16.4. The number of carbonyl (C=O) groups is 2. The molecule has 0 saturated carbocycles. The largest absolute Gasteiger partial charge is 0.480 e. The van der Waals surface area contributed by atoms with Gasteiger partial charge in [0, 0.05) is 5.69 Å². The van der Waals surface area contributed by atoms with Crippen molar-refractivity contribution in [3.8, 4) is 0 Å². The highest BCUT2D eigenvalue weighted by Gasteiger charge is 2.16. The van der Waals surface area contributed by atoms with Crippen LogP contribution in [-0.4, -0.2) is 23.1 Å². The van der Waals surface area contributed by atoms with Gasteiger partial charge in [0.15, 0.2) is 0 Å². The predicted octanol–water partition coefficient (Wildman–Crippen LogP) is 2.71. The molecular formula is C14H20N2O3. The SMILES string of the molecule is Cc1cccc(C(C)C)c1NC(=O)N[C@H](C)C(=O)O. The summed E-state index contributed by atoms with van der Waals surface area (Å²) in [6.45, 7) is 7.40. The maximum absolute atomic E-state index is 11.8. The molecule has 1 atom stereocenters. The van der Waals surface area contributed by atoms with Crippen molar-refractivity contribution in [1.82, 2.24) is 5.32 Å². The van der Waals surface area contributed by atoms with E-state index in [2.05, 4.69) is 10.6 Å². The van der Waals surface area contributed by atoms with Crippen molar-refractivity contribution < 1.29 is 14.7 Å². The van der Waals surface area contributed by atoms with E-state index in [-0.39, 0.29) is 5.92 Å². The summed E-state index contributed by atoms with van der Waals surface area (Å²) in [6.07, 6.45) is 0. The van der Waals surface area contributed by atoms with E-state index in [1.54, 1.807) is 0 Å². The molecule has 1 rings (SSSR count). The molecule has 104 valence electrons. The molecule has 19 heavy (non-hydrogen) atoms. The topological polar surface area (TPSA) is 78.4 Å². The number of rotatable bonds is 4. The van der Waals surface area contributed by atoms with Crippen LogP contribution in [0.15, 0.2) is 18.2 Å². The van der Waals surface area contributed by atoms with E-state index in [1.807, 2.05) is 39.0 Å². The Kier molecular flexibility index (Phi) is 4.92. The lowest BCUT2D eigenvalue weighted by molar-refractivity contribution is -0.138. The van der Waals surface area contributed by atoms with E-state index in [4.69, 9.17) is 5.11 Å². The number of aliphatic carboxylic acids is 1. The average Bonchev–Trinajstić information content (AvgIpc) is 2.31. The van der Waals surface area contributed by atoms with Gasteiger partial charge >= 0.3 is 12.0 Å². The van der Waals surface area contributed by atoms with E-state index in [1.165, 1.54) is 6.92 Å². The summed E-state index contributed by atoms with van der Waals surface area (Å²) in [6, 6.07) is 4.36. The summed E-state index contributed by atoms with van der Waals surface area (Å²) >= 11 is 0. The Hall–Kier alpha value is -2.04. The highest BCUT2D eigenvalue weighted by Crippen LogP contribution is 2.27. The molecule has 5 nitrogen and oxygen atoms in total. The maximum Gasteiger partial charge on any atom is 0.325 e. The number of nitrogens with one attached hydrogen (secondary N) is 2. The van der Waals surface area contributed by atoms with Gasteiger partial charge in [-0.25, -0.2) is 4.79 Å². The zero-order valence-electron chi connectivity index (χ0n) is 11.7. The summed E-state index contributed by atoms with van der Waals surface area (Å²) in [4.78, 5) is 22.5. The molecule has 1 aromatic rings. The van der Waals surface area contributed by atoms with Crippen LogP contribution in [0, 0.1) is 6.92 Å². The molecule has 3 N–H and O–H groups in total. The van der Waals surface area contributed by atoms with Crippen LogP contribution in [0.25, 0.3) is 0 Å². The van der Waals surface area contributed by atoms with E-state index in [0.29, 0.717) is 0 Å². The quantitative estimate of drug-likeness (QED) is 0.782. The van der Waals surface area contributed by atoms with Crippen molar-refractivity contribution in [3.05, 3.63) is 29.3 Å².